The summed E-state index contributed by atoms with van der Waals surface area (Å²) in [4.78, 5) is 10.5. The zero-order valence-corrected chi connectivity index (χ0v) is 11.4. The lowest BCUT2D eigenvalue weighted by molar-refractivity contribution is 0.0692. The molecule has 0 aliphatic rings. The van der Waals surface area contributed by atoms with Crippen molar-refractivity contribution in [1.82, 2.24) is 0 Å². The van der Waals surface area contributed by atoms with E-state index in [2.05, 4.69) is 0 Å². The highest BCUT2D eigenvalue weighted by atomic mass is 32.2. The van der Waals surface area contributed by atoms with E-state index in [1.807, 2.05) is 0 Å². The van der Waals surface area contributed by atoms with E-state index in [0.717, 1.165) is 12.1 Å². The smallest absolute Gasteiger partial charge is 0.339 e. The summed E-state index contributed by atoms with van der Waals surface area (Å²) in [6, 6.07) is 1.71. The molecular formula is C11H12F2O6S. The van der Waals surface area contributed by atoms with Crippen LogP contribution < -0.4 is 9.47 Å². The summed E-state index contributed by atoms with van der Waals surface area (Å²) < 4.78 is 57.6. The van der Waals surface area contributed by atoms with Gasteiger partial charge in [0.15, 0.2) is 21.3 Å². The van der Waals surface area contributed by atoms with Crippen LogP contribution in [0.4, 0.5) is 8.78 Å². The average molecular weight is 310 g/mol. The summed E-state index contributed by atoms with van der Waals surface area (Å²) in [6.45, 7) is 0. The number of hydrogen-bond acceptors (Lipinski definition) is 5. The topological polar surface area (TPSA) is 89.9 Å². The van der Waals surface area contributed by atoms with Gasteiger partial charge in [-0.3, -0.25) is 0 Å². The molecule has 1 N–H and O–H groups in total. The number of benzene rings is 1. The predicted octanol–water partition coefficient (Wildman–Crippen LogP) is 1.44. The number of methoxy groups -OCH3 is 2. The number of ether oxygens (including phenoxy) is 2. The summed E-state index contributed by atoms with van der Waals surface area (Å²) in [5.41, 5.74) is -0.486. The molecular weight excluding hydrogens is 298 g/mol. The Morgan fingerprint density at radius 3 is 2.30 bits per heavy atom. The first-order valence-corrected chi connectivity index (χ1v) is 6.88. The Balaban J connectivity index is 3.51. The normalized spacial score (nSPS) is 11.4. The zero-order valence-electron chi connectivity index (χ0n) is 10.6. The first-order valence-electron chi connectivity index (χ1n) is 5.23. The maximum Gasteiger partial charge on any atom is 0.339 e. The van der Waals surface area contributed by atoms with Crippen molar-refractivity contribution in [2.45, 2.75) is 11.3 Å². The Bertz CT molecular complexity index is 612. The van der Waals surface area contributed by atoms with Crippen molar-refractivity contribution in [3.05, 3.63) is 17.7 Å². The molecule has 0 aliphatic heterocycles. The van der Waals surface area contributed by atoms with Gasteiger partial charge >= 0.3 is 5.97 Å². The van der Waals surface area contributed by atoms with Gasteiger partial charge in [-0.25, -0.2) is 22.0 Å². The molecule has 0 fully saturated rings. The van der Waals surface area contributed by atoms with Crippen LogP contribution in [0.25, 0.3) is 0 Å². The third-order valence-electron chi connectivity index (χ3n) is 2.39. The lowest BCUT2D eigenvalue weighted by Crippen LogP contribution is -2.15. The van der Waals surface area contributed by atoms with Crippen LogP contribution in [0.5, 0.6) is 11.5 Å². The summed E-state index contributed by atoms with van der Waals surface area (Å²) in [7, 11) is -1.97. The molecule has 1 aromatic carbocycles. The lowest BCUT2D eigenvalue weighted by atomic mass is 10.2. The number of aromatic carboxylic acids is 1. The van der Waals surface area contributed by atoms with E-state index in [1.165, 1.54) is 14.2 Å². The van der Waals surface area contributed by atoms with E-state index in [9.17, 15) is 22.0 Å². The van der Waals surface area contributed by atoms with Crippen molar-refractivity contribution < 1.29 is 36.6 Å². The van der Waals surface area contributed by atoms with Crippen LogP contribution in [-0.4, -0.2) is 45.9 Å². The SMILES string of the molecule is COc1cc(S(=O)(=O)CC(F)F)cc(C(=O)O)c1OC. The molecule has 20 heavy (non-hydrogen) atoms. The van der Waals surface area contributed by atoms with Crippen LogP contribution in [-0.2, 0) is 9.84 Å². The minimum Gasteiger partial charge on any atom is -0.493 e. The maximum atomic E-state index is 12.3. The molecule has 0 spiro atoms. The summed E-state index contributed by atoms with van der Waals surface area (Å²) >= 11 is 0. The van der Waals surface area contributed by atoms with Crippen LogP contribution in [0, 0.1) is 0 Å². The van der Waals surface area contributed by atoms with E-state index in [4.69, 9.17) is 14.6 Å². The third-order valence-corrected chi connectivity index (χ3v) is 4.03. The monoisotopic (exact) mass is 310 g/mol. The summed E-state index contributed by atoms with van der Waals surface area (Å²) in [5, 5.41) is 9.01. The second-order valence-electron chi connectivity index (χ2n) is 3.68. The van der Waals surface area contributed by atoms with E-state index < -0.39 is 38.4 Å². The first-order chi connectivity index (χ1) is 9.22. The van der Waals surface area contributed by atoms with Gasteiger partial charge in [-0.1, -0.05) is 0 Å². The molecule has 1 rings (SSSR count). The maximum absolute atomic E-state index is 12.3. The summed E-state index contributed by atoms with van der Waals surface area (Å²) in [5.74, 6) is -3.22. The number of carboxylic acids is 1. The molecule has 0 atom stereocenters. The molecule has 0 saturated carbocycles. The largest absolute Gasteiger partial charge is 0.493 e. The van der Waals surface area contributed by atoms with Gasteiger partial charge in [0.2, 0.25) is 0 Å². The van der Waals surface area contributed by atoms with Crippen LogP contribution in [0.15, 0.2) is 17.0 Å². The van der Waals surface area contributed by atoms with Crippen LogP contribution in [0.2, 0.25) is 0 Å². The summed E-state index contributed by atoms with van der Waals surface area (Å²) in [6.07, 6.45) is -3.07. The molecule has 1 aromatic rings. The molecule has 9 heteroatoms. The fourth-order valence-electron chi connectivity index (χ4n) is 1.54. The van der Waals surface area contributed by atoms with Gasteiger partial charge in [0, 0.05) is 6.07 Å². The standard InChI is InChI=1S/C11H12F2O6S/c1-18-8-4-6(20(16,17)5-9(12)13)3-7(11(14)15)10(8)19-2/h3-4,9H,5H2,1-2H3,(H,14,15). The number of carbonyl (C=O) groups is 1. The molecule has 112 valence electrons. The van der Waals surface area contributed by atoms with E-state index in [1.54, 1.807) is 0 Å². The van der Waals surface area contributed by atoms with Gasteiger partial charge in [0.25, 0.3) is 6.43 Å². The second kappa shape index (κ2) is 6.04. The van der Waals surface area contributed by atoms with Crippen LogP contribution in [0.3, 0.4) is 0 Å². The Morgan fingerprint density at radius 2 is 1.90 bits per heavy atom. The van der Waals surface area contributed by atoms with Gasteiger partial charge in [-0.05, 0) is 6.07 Å². The van der Waals surface area contributed by atoms with Crippen molar-refractivity contribution >= 4 is 15.8 Å². The number of carboxylic acid groups (broad SMARTS) is 1. The zero-order chi connectivity index (χ0) is 15.5. The van der Waals surface area contributed by atoms with Crippen molar-refractivity contribution in [2.75, 3.05) is 20.0 Å². The fraction of sp³-hybridized carbons (Fsp3) is 0.364. The fourth-order valence-corrected chi connectivity index (χ4v) is 2.65. The van der Waals surface area contributed by atoms with Gasteiger partial charge in [-0.15, -0.1) is 0 Å². The quantitative estimate of drug-likeness (QED) is 0.855. The van der Waals surface area contributed by atoms with Gasteiger partial charge in [0.05, 0.1) is 19.1 Å². The number of rotatable bonds is 6. The van der Waals surface area contributed by atoms with Gasteiger partial charge in [-0.2, -0.15) is 0 Å². The van der Waals surface area contributed by atoms with Crippen molar-refractivity contribution in [1.29, 1.82) is 0 Å². The van der Waals surface area contributed by atoms with E-state index in [-0.39, 0.29) is 11.5 Å². The molecule has 0 unspecified atom stereocenters. The Kier molecular flexibility index (Phi) is 4.88. The number of halogens is 2. The average Bonchev–Trinajstić information content (AvgIpc) is 2.35. The van der Waals surface area contributed by atoms with Gasteiger partial charge in [0.1, 0.15) is 11.3 Å². The van der Waals surface area contributed by atoms with Crippen LogP contribution >= 0.6 is 0 Å². The number of hydrogen-bond donors (Lipinski definition) is 1. The number of sulfone groups is 1. The Labute approximate surface area is 113 Å². The predicted molar refractivity (Wildman–Crippen MR) is 64.6 cm³/mol. The van der Waals surface area contributed by atoms with Crippen molar-refractivity contribution in [2.24, 2.45) is 0 Å². The minimum absolute atomic E-state index is 0.166. The van der Waals surface area contributed by atoms with Crippen molar-refractivity contribution in [3.8, 4) is 11.5 Å². The molecule has 0 bridgehead atoms. The lowest BCUT2D eigenvalue weighted by Gasteiger charge is -2.13. The van der Waals surface area contributed by atoms with E-state index in [0.29, 0.717) is 0 Å². The van der Waals surface area contributed by atoms with Crippen molar-refractivity contribution in [3.63, 3.8) is 0 Å². The Morgan fingerprint density at radius 1 is 1.30 bits per heavy atom. The Hall–Kier alpha value is -1.90. The number of alkyl halides is 2. The molecule has 6 nitrogen and oxygen atoms in total. The van der Waals surface area contributed by atoms with Gasteiger partial charge < -0.3 is 14.6 Å². The second-order valence-corrected chi connectivity index (χ2v) is 5.72. The highest BCUT2D eigenvalue weighted by Gasteiger charge is 2.26. The minimum atomic E-state index is -4.32. The molecule has 0 amide bonds. The molecule has 0 aliphatic carbocycles. The highest BCUT2D eigenvalue weighted by molar-refractivity contribution is 7.91. The molecule has 0 aromatic heterocycles. The molecule has 0 saturated heterocycles. The molecule has 0 radical (unpaired) electrons. The highest BCUT2D eigenvalue weighted by Crippen LogP contribution is 2.34. The first kappa shape index (κ1) is 16.2. The molecule has 0 heterocycles. The van der Waals surface area contributed by atoms with Crippen LogP contribution in [0.1, 0.15) is 10.4 Å². The van der Waals surface area contributed by atoms with E-state index >= 15 is 0 Å². The third kappa shape index (κ3) is 3.35.